The second-order valence-corrected chi connectivity index (χ2v) is 10.2. The van der Waals surface area contributed by atoms with Crippen molar-refractivity contribution in [2.75, 3.05) is 12.0 Å². The molecule has 3 heterocycles. The number of hydrogen-bond donors (Lipinski definition) is 2. The number of carbonyl (C=O) groups is 2. The number of anilines is 1. The van der Waals surface area contributed by atoms with Crippen LogP contribution in [-0.2, 0) is 22.5 Å². The quantitative estimate of drug-likeness (QED) is 0.518. The van der Waals surface area contributed by atoms with Crippen LogP contribution in [0.3, 0.4) is 0 Å². The van der Waals surface area contributed by atoms with Crippen LogP contribution in [0.2, 0.25) is 5.02 Å². The van der Waals surface area contributed by atoms with Crippen molar-refractivity contribution in [2.24, 2.45) is 5.92 Å². The van der Waals surface area contributed by atoms with E-state index in [1.807, 2.05) is 23.6 Å². The van der Waals surface area contributed by atoms with E-state index in [4.69, 9.17) is 21.3 Å². The van der Waals surface area contributed by atoms with E-state index >= 15 is 0 Å². The summed E-state index contributed by atoms with van der Waals surface area (Å²) in [6, 6.07) is 3.69. The van der Waals surface area contributed by atoms with Gasteiger partial charge in [0, 0.05) is 23.8 Å². The number of rotatable bonds is 5. The molecule has 0 saturated heterocycles. The number of fused-ring (bicyclic) bond motifs is 3. The van der Waals surface area contributed by atoms with Crippen LogP contribution in [-0.4, -0.2) is 54.8 Å². The highest BCUT2D eigenvalue weighted by molar-refractivity contribution is 6.30. The number of carboxylic acid groups (broad SMARTS) is 1. The Bertz CT molecular complexity index is 1300. The first-order valence-corrected chi connectivity index (χ1v) is 12.7. The highest BCUT2D eigenvalue weighted by Crippen LogP contribution is 2.41. The second-order valence-electron chi connectivity index (χ2n) is 9.75. The summed E-state index contributed by atoms with van der Waals surface area (Å²) in [6.45, 7) is 2.14. The Balaban J connectivity index is 1.64. The van der Waals surface area contributed by atoms with E-state index in [9.17, 15) is 19.8 Å². The monoisotopic (exact) mass is 515 g/mol. The average Bonchev–Trinajstić information content (AvgIpc) is 3.46. The summed E-state index contributed by atoms with van der Waals surface area (Å²) in [5.41, 5.74) is 3.23. The number of carbonyl (C=O) groups excluding carboxylic acids is 1. The van der Waals surface area contributed by atoms with Crippen LogP contribution < -0.4 is 4.90 Å². The van der Waals surface area contributed by atoms with E-state index in [2.05, 4.69) is 5.10 Å². The zero-order chi connectivity index (χ0) is 25.6. The third kappa shape index (κ3) is 4.32. The van der Waals surface area contributed by atoms with Gasteiger partial charge in [0.15, 0.2) is 0 Å². The van der Waals surface area contributed by atoms with Gasteiger partial charge in [-0.2, -0.15) is 5.10 Å². The summed E-state index contributed by atoms with van der Waals surface area (Å²) >= 11 is 6.01. The molecule has 2 aromatic heterocycles. The molecule has 0 radical (unpaired) electrons. The van der Waals surface area contributed by atoms with E-state index in [-0.39, 0.29) is 18.6 Å². The van der Waals surface area contributed by atoms with E-state index < -0.39 is 24.1 Å². The first-order chi connectivity index (χ1) is 17.3. The lowest BCUT2D eigenvalue weighted by molar-refractivity contribution is -0.143. The lowest BCUT2D eigenvalue weighted by atomic mass is 9.85. The number of halogens is 1. The zero-order valence-corrected chi connectivity index (χ0v) is 21.1. The maximum absolute atomic E-state index is 12.6. The van der Waals surface area contributed by atoms with E-state index in [0.29, 0.717) is 23.7 Å². The number of carboxylic acids is 1. The summed E-state index contributed by atoms with van der Waals surface area (Å²) in [6.07, 6.45) is 5.90. The molecule has 1 amide bonds. The fourth-order valence-electron chi connectivity index (χ4n) is 5.73. The van der Waals surface area contributed by atoms with Crippen LogP contribution in [0, 0.1) is 5.92 Å². The van der Waals surface area contributed by atoms with Crippen molar-refractivity contribution in [2.45, 2.75) is 70.2 Å². The Morgan fingerprint density at radius 1 is 1.28 bits per heavy atom. The van der Waals surface area contributed by atoms with Gasteiger partial charge in [-0.3, -0.25) is 14.4 Å². The molecule has 0 unspecified atom stereocenters. The van der Waals surface area contributed by atoms with Crippen LogP contribution in [0.25, 0.3) is 11.0 Å². The maximum atomic E-state index is 12.6. The highest BCUT2D eigenvalue weighted by atomic mass is 35.5. The first kappa shape index (κ1) is 24.6. The summed E-state index contributed by atoms with van der Waals surface area (Å²) in [7, 11) is 1.37. The Hall–Kier alpha value is -3.11. The van der Waals surface area contributed by atoms with Gasteiger partial charge in [0.1, 0.15) is 11.9 Å². The molecule has 1 aliphatic carbocycles. The predicted octanol–water partition coefficient (Wildman–Crippen LogP) is 4.34. The fraction of sp³-hybridized carbons (Fsp3) is 0.520. The third-order valence-electron chi connectivity index (χ3n) is 7.47. The van der Waals surface area contributed by atoms with Gasteiger partial charge in [0.2, 0.25) is 0 Å². The van der Waals surface area contributed by atoms with Gasteiger partial charge in [-0.05, 0) is 51.2 Å². The van der Waals surface area contributed by atoms with Gasteiger partial charge in [0.05, 0.1) is 47.5 Å². The lowest BCUT2D eigenvalue weighted by Gasteiger charge is -2.34. The highest BCUT2D eigenvalue weighted by Gasteiger charge is 2.35. The minimum Gasteiger partial charge on any atom is -0.481 e. The molecule has 36 heavy (non-hydrogen) atoms. The van der Waals surface area contributed by atoms with Crippen molar-refractivity contribution in [1.82, 2.24) is 19.3 Å². The number of aryl methyl sites for hydroxylation is 1. The van der Waals surface area contributed by atoms with Gasteiger partial charge in [-0.15, -0.1) is 0 Å². The molecular weight excluding hydrogens is 486 g/mol. The summed E-state index contributed by atoms with van der Waals surface area (Å²) in [5.74, 6) is -0.772. The molecular formula is C25H30ClN5O5. The standard InChI is InChI=1S/C25H30ClN5O5/c1-14-6-7-18-19(30(14)25(35)36-2)8-9-20-22(18)28-23(21(32)13-29-12-16(26)11-27-29)31(20)17-5-3-4-15(10-17)24(33)34/h8-9,11-12,14-15,17,21,32H,3-7,10,13H2,1-2H3,(H,33,34)/t14-,15+,17+,21+/m0/s1. The van der Waals surface area contributed by atoms with Crippen molar-refractivity contribution in [3.63, 3.8) is 0 Å². The van der Waals surface area contributed by atoms with Crippen LogP contribution >= 0.6 is 11.6 Å². The van der Waals surface area contributed by atoms with Crippen LogP contribution in [0.1, 0.15) is 62.6 Å². The van der Waals surface area contributed by atoms with Crippen molar-refractivity contribution in [3.05, 3.63) is 40.9 Å². The molecule has 4 atom stereocenters. The van der Waals surface area contributed by atoms with Crippen LogP contribution in [0.4, 0.5) is 10.5 Å². The van der Waals surface area contributed by atoms with Gasteiger partial charge in [0.25, 0.3) is 0 Å². The first-order valence-electron chi connectivity index (χ1n) is 12.3. The number of methoxy groups -OCH3 is 1. The Morgan fingerprint density at radius 2 is 2.08 bits per heavy atom. The summed E-state index contributed by atoms with van der Waals surface area (Å²) < 4.78 is 8.62. The van der Waals surface area contributed by atoms with E-state index in [1.165, 1.54) is 13.3 Å². The predicted molar refractivity (Wildman–Crippen MR) is 133 cm³/mol. The average molecular weight is 516 g/mol. The number of nitrogens with zero attached hydrogens (tertiary/aromatic N) is 5. The number of aromatic nitrogens is 4. The Kier molecular flexibility index (Phi) is 6.65. The van der Waals surface area contributed by atoms with Crippen molar-refractivity contribution in [3.8, 4) is 0 Å². The van der Waals surface area contributed by atoms with Crippen molar-refractivity contribution >= 4 is 40.4 Å². The molecule has 3 aromatic rings. The van der Waals surface area contributed by atoms with Crippen molar-refractivity contribution in [1.29, 1.82) is 0 Å². The van der Waals surface area contributed by atoms with Crippen molar-refractivity contribution < 1.29 is 24.5 Å². The van der Waals surface area contributed by atoms with Crippen LogP contribution in [0.5, 0.6) is 0 Å². The number of hydrogen-bond acceptors (Lipinski definition) is 6. The number of aliphatic hydroxyl groups is 1. The molecule has 192 valence electrons. The topological polar surface area (TPSA) is 123 Å². The summed E-state index contributed by atoms with van der Waals surface area (Å²) in [5, 5.41) is 25.6. The third-order valence-corrected chi connectivity index (χ3v) is 7.67. The molecule has 1 aromatic carbocycles. The van der Waals surface area contributed by atoms with Gasteiger partial charge < -0.3 is 19.5 Å². The molecule has 0 bridgehead atoms. The number of benzene rings is 1. The fourth-order valence-corrected chi connectivity index (χ4v) is 5.89. The SMILES string of the molecule is COC(=O)N1c2ccc3c(nc([C@H](O)Cn4cc(Cl)cn4)n3[C@@H]3CCC[C@@H](C(=O)O)C3)c2CC[C@@H]1C. The van der Waals surface area contributed by atoms with Gasteiger partial charge in [-0.25, -0.2) is 9.78 Å². The lowest BCUT2D eigenvalue weighted by Crippen LogP contribution is -2.42. The number of aliphatic hydroxyl groups excluding tert-OH is 1. The number of imidazole rings is 1. The molecule has 5 rings (SSSR count). The van der Waals surface area contributed by atoms with E-state index in [0.717, 1.165) is 48.0 Å². The number of amides is 1. The molecule has 2 N–H and O–H groups in total. The minimum absolute atomic E-state index is 0.0196. The Morgan fingerprint density at radius 3 is 2.78 bits per heavy atom. The Labute approximate surface area is 213 Å². The smallest absolute Gasteiger partial charge is 0.414 e. The van der Waals surface area contributed by atoms with Crippen LogP contribution in [0.15, 0.2) is 24.5 Å². The summed E-state index contributed by atoms with van der Waals surface area (Å²) in [4.78, 5) is 31.0. The molecule has 1 fully saturated rings. The molecule has 11 heteroatoms. The molecule has 1 saturated carbocycles. The molecule has 0 spiro atoms. The molecule has 10 nitrogen and oxygen atoms in total. The molecule has 2 aliphatic rings. The number of ether oxygens (including phenoxy) is 1. The van der Waals surface area contributed by atoms with E-state index in [1.54, 1.807) is 15.8 Å². The largest absolute Gasteiger partial charge is 0.481 e. The van der Waals surface area contributed by atoms with Gasteiger partial charge >= 0.3 is 12.1 Å². The minimum atomic E-state index is -0.992. The zero-order valence-electron chi connectivity index (χ0n) is 20.3. The molecule has 1 aliphatic heterocycles. The second kappa shape index (κ2) is 9.74. The maximum Gasteiger partial charge on any atom is 0.414 e. The normalized spacial score (nSPS) is 22.9. The number of aliphatic carboxylic acids is 1. The van der Waals surface area contributed by atoms with Gasteiger partial charge in [-0.1, -0.05) is 18.0 Å².